The Kier molecular flexibility index (Phi) is 4.53. The van der Waals surface area contributed by atoms with Crippen LogP contribution in [-0.2, 0) is 11.3 Å². The number of aryl methyl sites for hydroxylation is 1. The maximum Gasteiger partial charge on any atom is 0.0708 e. The first kappa shape index (κ1) is 16.0. The number of aromatic nitrogens is 1. The van der Waals surface area contributed by atoms with E-state index >= 15 is 0 Å². The van der Waals surface area contributed by atoms with Gasteiger partial charge in [-0.25, -0.2) is 0 Å². The zero-order valence-corrected chi connectivity index (χ0v) is 14.3. The second-order valence-corrected chi connectivity index (χ2v) is 7.21. The van der Waals surface area contributed by atoms with E-state index in [2.05, 4.69) is 41.1 Å². The molecule has 2 aromatic rings. The SMILES string of the molecule is Cc1cc(CN2CCC[C@@H]2[C@H]2COCC[C@H]2O)c2ccccc2n1. The highest BCUT2D eigenvalue weighted by molar-refractivity contribution is 5.82. The van der Waals surface area contributed by atoms with Crippen molar-refractivity contribution in [2.24, 2.45) is 5.92 Å². The standard InChI is InChI=1S/C20H26N2O2/c1-14-11-15(16-5-2-3-6-18(16)21-14)12-22-9-4-7-19(22)17-13-24-10-8-20(17)23/h2-3,5-6,11,17,19-20,23H,4,7-10,12-13H2,1H3/t17-,19-,20-/m1/s1. The minimum atomic E-state index is -0.222. The topological polar surface area (TPSA) is 45.6 Å². The summed E-state index contributed by atoms with van der Waals surface area (Å²) < 4.78 is 5.66. The third-order valence-electron chi connectivity index (χ3n) is 5.57. The molecule has 1 aromatic carbocycles. The van der Waals surface area contributed by atoms with Gasteiger partial charge in [-0.3, -0.25) is 9.88 Å². The van der Waals surface area contributed by atoms with Crippen LogP contribution in [0.15, 0.2) is 30.3 Å². The van der Waals surface area contributed by atoms with Crippen molar-refractivity contribution in [2.75, 3.05) is 19.8 Å². The maximum atomic E-state index is 10.4. The summed E-state index contributed by atoms with van der Waals surface area (Å²) in [6.45, 7) is 5.48. The molecule has 0 spiro atoms. The van der Waals surface area contributed by atoms with Crippen LogP contribution in [0.1, 0.15) is 30.5 Å². The Bertz CT molecular complexity index is 718. The second kappa shape index (κ2) is 6.79. The van der Waals surface area contributed by atoms with Crippen molar-refractivity contribution in [3.8, 4) is 0 Å². The number of benzene rings is 1. The van der Waals surface area contributed by atoms with Gasteiger partial charge in [-0.05, 0) is 50.4 Å². The normalized spacial score (nSPS) is 28.5. The Hall–Kier alpha value is -1.49. The molecule has 2 aliphatic heterocycles. The van der Waals surface area contributed by atoms with E-state index in [9.17, 15) is 5.11 Å². The molecule has 0 amide bonds. The van der Waals surface area contributed by atoms with Crippen molar-refractivity contribution in [1.29, 1.82) is 0 Å². The Morgan fingerprint density at radius 2 is 2.17 bits per heavy atom. The molecular formula is C20H26N2O2. The van der Waals surface area contributed by atoms with E-state index in [1.54, 1.807) is 0 Å². The first-order valence-electron chi connectivity index (χ1n) is 9.07. The van der Waals surface area contributed by atoms with Gasteiger partial charge in [0.15, 0.2) is 0 Å². The molecule has 4 rings (SSSR count). The molecule has 4 heteroatoms. The van der Waals surface area contributed by atoms with Crippen molar-refractivity contribution in [3.05, 3.63) is 41.6 Å². The predicted molar refractivity (Wildman–Crippen MR) is 94.8 cm³/mol. The molecule has 24 heavy (non-hydrogen) atoms. The minimum Gasteiger partial charge on any atom is -0.393 e. The van der Waals surface area contributed by atoms with Crippen LogP contribution in [-0.4, -0.2) is 46.9 Å². The average Bonchev–Trinajstić information content (AvgIpc) is 3.03. The number of nitrogens with zero attached hydrogens (tertiary/aromatic N) is 2. The second-order valence-electron chi connectivity index (χ2n) is 7.21. The highest BCUT2D eigenvalue weighted by Gasteiger charge is 2.37. The highest BCUT2D eigenvalue weighted by Crippen LogP contribution is 2.32. The fourth-order valence-corrected chi connectivity index (χ4v) is 4.39. The predicted octanol–water partition coefficient (Wildman–Crippen LogP) is 2.91. The Morgan fingerprint density at radius 1 is 1.29 bits per heavy atom. The van der Waals surface area contributed by atoms with Gasteiger partial charge in [0.1, 0.15) is 0 Å². The third kappa shape index (κ3) is 3.06. The molecule has 3 atom stereocenters. The van der Waals surface area contributed by atoms with Crippen LogP contribution in [0.5, 0.6) is 0 Å². The average molecular weight is 326 g/mol. The summed E-state index contributed by atoms with van der Waals surface area (Å²) in [6, 6.07) is 11.0. The molecule has 2 fully saturated rings. The van der Waals surface area contributed by atoms with Crippen molar-refractivity contribution < 1.29 is 9.84 Å². The van der Waals surface area contributed by atoms with Gasteiger partial charge in [-0.15, -0.1) is 0 Å². The van der Waals surface area contributed by atoms with Gasteiger partial charge in [0, 0.05) is 36.2 Å². The number of hydrogen-bond donors (Lipinski definition) is 1. The highest BCUT2D eigenvalue weighted by atomic mass is 16.5. The Morgan fingerprint density at radius 3 is 3.04 bits per heavy atom. The van der Waals surface area contributed by atoms with E-state index in [0.717, 1.165) is 37.1 Å². The lowest BCUT2D eigenvalue weighted by Crippen LogP contribution is -2.45. The van der Waals surface area contributed by atoms with Gasteiger partial charge in [0.2, 0.25) is 0 Å². The van der Waals surface area contributed by atoms with Gasteiger partial charge in [-0.1, -0.05) is 18.2 Å². The molecule has 3 heterocycles. The van der Waals surface area contributed by atoms with Crippen molar-refractivity contribution in [1.82, 2.24) is 9.88 Å². The molecule has 4 nitrogen and oxygen atoms in total. The van der Waals surface area contributed by atoms with Crippen molar-refractivity contribution >= 4 is 10.9 Å². The molecule has 0 unspecified atom stereocenters. The molecule has 0 bridgehead atoms. The first-order chi connectivity index (χ1) is 11.7. The number of hydrogen-bond acceptors (Lipinski definition) is 4. The number of fused-ring (bicyclic) bond motifs is 1. The van der Waals surface area contributed by atoms with Crippen LogP contribution >= 0.6 is 0 Å². The van der Waals surface area contributed by atoms with Gasteiger partial charge in [-0.2, -0.15) is 0 Å². The van der Waals surface area contributed by atoms with E-state index in [-0.39, 0.29) is 12.0 Å². The van der Waals surface area contributed by atoms with E-state index < -0.39 is 0 Å². The zero-order chi connectivity index (χ0) is 16.5. The smallest absolute Gasteiger partial charge is 0.0708 e. The van der Waals surface area contributed by atoms with Gasteiger partial charge in [0.05, 0.1) is 18.2 Å². The number of aliphatic hydroxyl groups excluding tert-OH is 1. The molecule has 1 N–H and O–H groups in total. The van der Waals surface area contributed by atoms with E-state index in [4.69, 9.17) is 4.74 Å². The van der Waals surface area contributed by atoms with E-state index in [1.807, 2.05) is 6.07 Å². The lowest BCUT2D eigenvalue weighted by molar-refractivity contribution is -0.0635. The molecule has 128 valence electrons. The number of rotatable bonds is 3. The molecule has 0 aliphatic carbocycles. The largest absolute Gasteiger partial charge is 0.393 e. The number of pyridine rings is 1. The molecule has 0 saturated carbocycles. The van der Waals surface area contributed by atoms with E-state index in [1.165, 1.54) is 17.4 Å². The summed E-state index contributed by atoms with van der Waals surface area (Å²) in [5.41, 5.74) is 3.49. The summed E-state index contributed by atoms with van der Waals surface area (Å²) in [4.78, 5) is 7.20. The van der Waals surface area contributed by atoms with Crippen LogP contribution in [0, 0.1) is 12.8 Å². The van der Waals surface area contributed by atoms with Gasteiger partial charge in [0.25, 0.3) is 0 Å². The summed E-state index contributed by atoms with van der Waals surface area (Å²) in [7, 11) is 0. The number of aliphatic hydroxyl groups is 1. The van der Waals surface area contributed by atoms with Crippen LogP contribution in [0.3, 0.4) is 0 Å². The van der Waals surface area contributed by atoms with Crippen molar-refractivity contribution in [2.45, 2.75) is 44.9 Å². The third-order valence-corrected chi connectivity index (χ3v) is 5.57. The quantitative estimate of drug-likeness (QED) is 0.942. The first-order valence-corrected chi connectivity index (χ1v) is 9.07. The Balaban J connectivity index is 1.60. The lowest BCUT2D eigenvalue weighted by Gasteiger charge is -2.37. The fraction of sp³-hybridized carbons (Fsp3) is 0.550. The number of para-hydroxylation sites is 1. The monoisotopic (exact) mass is 326 g/mol. The van der Waals surface area contributed by atoms with E-state index in [0.29, 0.717) is 19.3 Å². The molecular weight excluding hydrogens is 300 g/mol. The van der Waals surface area contributed by atoms with Crippen LogP contribution in [0.25, 0.3) is 10.9 Å². The zero-order valence-electron chi connectivity index (χ0n) is 14.3. The minimum absolute atomic E-state index is 0.222. The summed E-state index contributed by atoms with van der Waals surface area (Å²) in [5.74, 6) is 0.246. The van der Waals surface area contributed by atoms with Crippen LogP contribution in [0.4, 0.5) is 0 Å². The lowest BCUT2D eigenvalue weighted by atomic mass is 9.89. The van der Waals surface area contributed by atoms with Gasteiger partial charge < -0.3 is 9.84 Å². The van der Waals surface area contributed by atoms with Gasteiger partial charge >= 0.3 is 0 Å². The Labute approximate surface area is 143 Å². The molecule has 0 radical (unpaired) electrons. The van der Waals surface area contributed by atoms with Crippen LogP contribution in [0.2, 0.25) is 0 Å². The summed E-state index contributed by atoms with van der Waals surface area (Å²) in [6.07, 6.45) is 2.91. The number of ether oxygens (including phenoxy) is 1. The van der Waals surface area contributed by atoms with Crippen LogP contribution < -0.4 is 0 Å². The number of likely N-dealkylation sites (tertiary alicyclic amines) is 1. The maximum absolute atomic E-state index is 10.4. The molecule has 2 saturated heterocycles. The summed E-state index contributed by atoms with van der Waals surface area (Å²) >= 11 is 0. The molecule has 2 aliphatic rings. The summed E-state index contributed by atoms with van der Waals surface area (Å²) in [5, 5.41) is 11.7. The molecule has 1 aromatic heterocycles. The fourth-order valence-electron chi connectivity index (χ4n) is 4.39. The van der Waals surface area contributed by atoms with Crippen molar-refractivity contribution in [3.63, 3.8) is 0 Å².